The first kappa shape index (κ1) is 40.4. The van der Waals surface area contributed by atoms with Crippen molar-refractivity contribution in [3.8, 4) is 0 Å². The van der Waals surface area contributed by atoms with E-state index in [1.54, 1.807) is 12.3 Å². The number of hydrogen-bond acceptors (Lipinski definition) is 7. The van der Waals surface area contributed by atoms with Crippen LogP contribution in [0.25, 0.3) is 0 Å². The summed E-state index contributed by atoms with van der Waals surface area (Å²) >= 11 is 0. The molecule has 1 saturated carbocycles. The van der Waals surface area contributed by atoms with Crippen molar-refractivity contribution in [2.24, 2.45) is 17.8 Å². The van der Waals surface area contributed by atoms with E-state index in [2.05, 4.69) is 32.8 Å². The summed E-state index contributed by atoms with van der Waals surface area (Å²) in [6, 6.07) is 2.84. The van der Waals surface area contributed by atoms with E-state index in [1.165, 1.54) is 0 Å². The van der Waals surface area contributed by atoms with Gasteiger partial charge in [0.15, 0.2) is 0 Å². The highest BCUT2D eigenvalue weighted by atomic mass is 16.4. The molecular formula is C36H57N5O7. The lowest BCUT2D eigenvalue weighted by Gasteiger charge is -2.30. The summed E-state index contributed by atoms with van der Waals surface area (Å²) in [5.41, 5.74) is 0.746. The SMILES string of the molecule is C=CCCC(NC(=O)CC[C@H](O)[C@H](CC(C)C)NC(=O)[C@H](CC1CC1)NC(=O)[C@@H](NC(=O)CCCC(=O)O)[C@@H](C)CC)c1ccccn1. The zero-order valence-corrected chi connectivity index (χ0v) is 29.1. The minimum absolute atomic E-state index is 0.0239. The van der Waals surface area contributed by atoms with Crippen LogP contribution in [0.1, 0.15) is 116 Å². The van der Waals surface area contributed by atoms with Crippen LogP contribution < -0.4 is 21.3 Å². The van der Waals surface area contributed by atoms with Gasteiger partial charge in [0.1, 0.15) is 12.1 Å². The van der Waals surface area contributed by atoms with E-state index < -0.39 is 47.9 Å². The molecule has 268 valence electrons. The molecule has 12 nitrogen and oxygen atoms in total. The van der Waals surface area contributed by atoms with Gasteiger partial charge in [-0.1, -0.05) is 59.1 Å². The average molecular weight is 672 g/mol. The first-order chi connectivity index (χ1) is 22.8. The van der Waals surface area contributed by atoms with Crippen molar-refractivity contribution in [2.75, 3.05) is 0 Å². The Hall–Kier alpha value is -3.80. The third-order valence-electron chi connectivity index (χ3n) is 8.73. The zero-order valence-electron chi connectivity index (χ0n) is 29.1. The van der Waals surface area contributed by atoms with Crippen molar-refractivity contribution in [3.63, 3.8) is 0 Å². The van der Waals surface area contributed by atoms with Crippen molar-refractivity contribution in [2.45, 2.75) is 135 Å². The summed E-state index contributed by atoms with van der Waals surface area (Å²) in [6.07, 6.45) is 7.37. The Bertz CT molecular complexity index is 1190. The maximum atomic E-state index is 13.7. The lowest BCUT2D eigenvalue weighted by Crippen LogP contribution is -2.57. The Morgan fingerprint density at radius 2 is 1.67 bits per heavy atom. The van der Waals surface area contributed by atoms with Gasteiger partial charge in [0, 0.05) is 25.5 Å². The number of aliphatic hydroxyl groups excluding tert-OH is 1. The minimum Gasteiger partial charge on any atom is -0.481 e. The number of carboxylic acid groups (broad SMARTS) is 1. The summed E-state index contributed by atoms with van der Waals surface area (Å²) in [4.78, 5) is 67.9. The average Bonchev–Trinajstić information content (AvgIpc) is 3.87. The lowest BCUT2D eigenvalue weighted by molar-refractivity contribution is -0.137. The molecule has 0 bridgehead atoms. The van der Waals surface area contributed by atoms with E-state index in [9.17, 15) is 29.1 Å². The molecule has 1 heterocycles. The van der Waals surface area contributed by atoms with E-state index in [4.69, 9.17) is 5.11 Å². The molecule has 1 aromatic rings. The number of aliphatic carboxylic acids is 1. The van der Waals surface area contributed by atoms with E-state index >= 15 is 0 Å². The molecule has 2 rings (SSSR count). The van der Waals surface area contributed by atoms with Gasteiger partial charge in [0.05, 0.1) is 23.9 Å². The van der Waals surface area contributed by atoms with Crippen molar-refractivity contribution in [3.05, 3.63) is 42.7 Å². The third kappa shape index (κ3) is 15.4. The molecule has 12 heteroatoms. The van der Waals surface area contributed by atoms with Crippen molar-refractivity contribution >= 4 is 29.6 Å². The molecule has 48 heavy (non-hydrogen) atoms. The highest BCUT2D eigenvalue weighted by molar-refractivity contribution is 5.92. The van der Waals surface area contributed by atoms with Crippen LogP contribution in [-0.4, -0.2) is 69.0 Å². The van der Waals surface area contributed by atoms with Gasteiger partial charge in [-0.15, -0.1) is 6.58 Å². The number of pyridine rings is 1. The number of carbonyl (C=O) groups excluding carboxylic acids is 4. The van der Waals surface area contributed by atoms with Crippen LogP contribution in [-0.2, 0) is 24.0 Å². The van der Waals surface area contributed by atoms with Crippen LogP contribution in [0.4, 0.5) is 0 Å². The smallest absolute Gasteiger partial charge is 0.303 e. The number of aromatic nitrogens is 1. The number of rotatable bonds is 24. The summed E-state index contributed by atoms with van der Waals surface area (Å²) in [5, 5.41) is 31.7. The Kier molecular flexibility index (Phi) is 17.9. The number of nitrogens with one attached hydrogen (secondary N) is 4. The Balaban J connectivity index is 2.07. The number of hydrogen-bond donors (Lipinski definition) is 6. The van der Waals surface area contributed by atoms with Crippen LogP contribution in [0.15, 0.2) is 37.1 Å². The fourth-order valence-electron chi connectivity index (χ4n) is 5.54. The van der Waals surface area contributed by atoms with Gasteiger partial charge >= 0.3 is 5.97 Å². The first-order valence-corrected chi connectivity index (χ1v) is 17.5. The van der Waals surface area contributed by atoms with E-state index in [1.807, 2.05) is 45.9 Å². The third-order valence-corrected chi connectivity index (χ3v) is 8.73. The minimum atomic E-state index is -1.00. The summed E-state index contributed by atoms with van der Waals surface area (Å²) < 4.78 is 0. The quantitative estimate of drug-likeness (QED) is 0.0892. The maximum absolute atomic E-state index is 13.7. The molecule has 0 aliphatic heterocycles. The van der Waals surface area contributed by atoms with Crippen LogP contribution >= 0.6 is 0 Å². The number of allylic oxidation sites excluding steroid dienone is 1. The van der Waals surface area contributed by atoms with Crippen LogP contribution in [0, 0.1) is 17.8 Å². The first-order valence-electron chi connectivity index (χ1n) is 17.5. The number of aliphatic hydroxyl groups is 1. The lowest BCUT2D eigenvalue weighted by atomic mass is 9.95. The highest BCUT2D eigenvalue weighted by Crippen LogP contribution is 2.33. The summed E-state index contributed by atoms with van der Waals surface area (Å²) in [6.45, 7) is 11.5. The number of carbonyl (C=O) groups is 5. The van der Waals surface area contributed by atoms with Gasteiger partial charge in [0.25, 0.3) is 0 Å². The van der Waals surface area contributed by atoms with E-state index in [0.717, 1.165) is 18.5 Å². The predicted molar refractivity (Wildman–Crippen MR) is 183 cm³/mol. The maximum Gasteiger partial charge on any atom is 0.303 e. The second-order valence-corrected chi connectivity index (χ2v) is 13.5. The molecule has 6 N–H and O–H groups in total. The van der Waals surface area contributed by atoms with E-state index in [-0.39, 0.29) is 55.9 Å². The van der Waals surface area contributed by atoms with Gasteiger partial charge in [-0.25, -0.2) is 0 Å². The second-order valence-electron chi connectivity index (χ2n) is 13.5. The molecule has 0 aromatic carbocycles. The predicted octanol–water partition coefficient (Wildman–Crippen LogP) is 3.95. The molecule has 1 aliphatic carbocycles. The van der Waals surface area contributed by atoms with E-state index in [0.29, 0.717) is 38.0 Å². The molecule has 0 saturated heterocycles. The normalized spacial score (nSPS) is 16.5. The van der Waals surface area contributed by atoms with Crippen molar-refractivity contribution < 1.29 is 34.2 Å². The zero-order chi connectivity index (χ0) is 35.6. The molecule has 1 fully saturated rings. The Morgan fingerprint density at radius 3 is 2.25 bits per heavy atom. The molecule has 0 spiro atoms. The van der Waals surface area contributed by atoms with Gasteiger partial charge in [0.2, 0.25) is 23.6 Å². The molecule has 6 atom stereocenters. The number of amides is 4. The summed E-state index contributed by atoms with van der Waals surface area (Å²) in [7, 11) is 0. The molecule has 1 aromatic heterocycles. The van der Waals surface area contributed by atoms with Gasteiger partial charge in [-0.3, -0.25) is 29.0 Å². The van der Waals surface area contributed by atoms with Crippen LogP contribution in [0.2, 0.25) is 0 Å². The van der Waals surface area contributed by atoms with Crippen LogP contribution in [0.5, 0.6) is 0 Å². The monoisotopic (exact) mass is 671 g/mol. The van der Waals surface area contributed by atoms with Crippen LogP contribution in [0.3, 0.4) is 0 Å². The summed E-state index contributed by atoms with van der Waals surface area (Å²) in [5.74, 6) is -2.35. The van der Waals surface area contributed by atoms with Crippen molar-refractivity contribution in [1.29, 1.82) is 0 Å². The molecule has 0 radical (unpaired) electrons. The fraction of sp³-hybridized carbons (Fsp3) is 0.667. The molecular weight excluding hydrogens is 614 g/mol. The topological polar surface area (TPSA) is 187 Å². The standard InChI is InChI=1S/C36H57N5O7/c1-6-8-12-27(26-13-9-10-20-37-26)38-32(44)19-18-30(42)28(21-23(3)4)39-35(47)29(22-25-16-17-25)40-36(48)34(24(5)7-2)41-31(43)14-11-15-33(45)46/h6,9-10,13,20,23-25,27-30,34,42H,1,7-8,11-12,14-19,21-22H2,2-5H3,(H,38,44)(H,39,47)(H,40,48)(H,41,43)(H,45,46)/t24-,27?,28-,29-,30-,34-/m0/s1. The largest absolute Gasteiger partial charge is 0.481 e. The fourth-order valence-corrected chi connectivity index (χ4v) is 5.54. The Morgan fingerprint density at radius 1 is 0.958 bits per heavy atom. The highest BCUT2D eigenvalue weighted by Gasteiger charge is 2.35. The van der Waals surface area contributed by atoms with Gasteiger partial charge < -0.3 is 31.5 Å². The number of carboxylic acids is 1. The second kappa shape index (κ2) is 21.2. The molecule has 4 amide bonds. The van der Waals surface area contributed by atoms with Crippen molar-refractivity contribution in [1.82, 2.24) is 26.3 Å². The number of nitrogens with zero attached hydrogens (tertiary/aromatic N) is 1. The molecule has 1 aliphatic rings. The molecule has 1 unspecified atom stereocenters. The van der Waals surface area contributed by atoms with Gasteiger partial charge in [-0.2, -0.15) is 0 Å². The van der Waals surface area contributed by atoms with Gasteiger partial charge in [-0.05, 0) is 68.4 Å². The Labute approximate surface area is 285 Å².